The summed E-state index contributed by atoms with van der Waals surface area (Å²) in [5, 5.41) is 7.79. The fourth-order valence-corrected chi connectivity index (χ4v) is 3.45. The number of nitrogens with one attached hydrogen (secondary N) is 1. The molecule has 0 saturated heterocycles. The molecule has 0 bridgehead atoms. The number of benzene rings is 2. The summed E-state index contributed by atoms with van der Waals surface area (Å²) in [7, 11) is 3.81. The standard InChI is InChI=1S/C22H25N3O2/c1-15-4-6-16(7-5-15)14-27-21-12-17(8-9-20(21)26-3)22-18-13-25(2)11-10-19(18)23-24-22/h4-9,12H,10-11,13-14H2,1-3H3,(H,23,24). The van der Waals surface area contributed by atoms with Crippen LogP contribution in [0.25, 0.3) is 11.3 Å². The maximum Gasteiger partial charge on any atom is 0.162 e. The molecule has 5 nitrogen and oxygen atoms in total. The van der Waals surface area contributed by atoms with Gasteiger partial charge < -0.3 is 14.4 Å². The number of rotatable bonds is 5. The third kappa shape index (κ3) is 3.69. The van der Waals surface area contributed by atoms with E-state index < -0.39 is 0 Å². The van der Waals surface area contributed by atoms with Crippen LogP contribution in [0.5, 0.6) is 11.5 Å². The number of ether oxygens (including phenoxy) is 2. The van der Waals surface area contributed by atoms with Gasteiger partial charge in [0.25, 0.3) is 0 Å². The first-order valence-corrected chi connectivity index (χ1v) is 9.25. The molecule has 1 aromatic heterocycles. The van der Waals surface area contributed by atoms with Crippen LogP contribution in [0.2, 0.25) is 0 Å². The van der Waals surface area contributed by atoms with Crippen molar-refractivity contribution in [3.8, 4) is 22.8 Å². The molecule has 5 heteroatoms. The van der Waals surface area contributed by atoms with E-state index in [0.717, 1.165) is 47.8 Å². The highest BCUT2D eigenvalue weighted by Crippen LogP contribution is 2.35. The van der Waals surface area contributed by atoms with Gasteiger partial charge in [-0.05, 0) is 37.7 Å². The molecule has 0 spiro atoms. The van der Waals surface area contributed by atoms with Crippen LogP contribution >= 0.6 is 0 Å². The molecule has 0 atom stereocenters. The van der Waals surface area contributed by atoms with Gasteiger partial charge in [-0.1, -0.05) is 29.8 Å². The van der Waals surface area contributed by atoms with Crippen LogP contribution in [0, 0.1) is 6.92 Å². The van der Waals surface area contributed by atoms with Gasteiger partial charge in [0.1, 0.15) is 6.61 Å². The topological polar surface area (TPSA) is 50.4 Å². The number of hydrogen-bond donors (Lipinski definition) is 1. The summed E-state index contributed by atoms with van der Waals surface area (Å²) in [4.78, 5) is 2.32. The maximum absolute atomic E-state index is 6.08. The number of aromatic nitrogens is 2. The number of H-pyrrole nitrogens is 1. The van der Waals surface area contributed by atoms with E-state index in [1.54, 1.807) is 7.11 Å². The van der Waals surface area contributed by atoms with Crippen LogP contribution in [-0.2, 0) is 19.6 Å². The number of fused-ring (bicyclic) bond motifs is 1. The first-order valence-electron chi connectivity index (χ1n) is 9.25. The summed E-state index contributed by atoms with van der Waals surface area (Å²) in [5.74, 6) is 1.46. The minimum Gasteiger partial charge on any atom is -0.493 e. The molecule has 1 N–H and O–H groups in total. The molecule has 0 amide bonds. The molecule has 2 aromatic carbocycles. The normalized spacial score (nSPS) is 14.0. The zero-order chi connectivity index (χ0) is 18.8. The Morgan fingerprint density at radius 1 is 1.11 bits per heavy atom. The lowest BCUT2D eigenvalue weighted by atomic mass is 10.0. The molecule has 0 aliphatic carbocycles. The zero-order valence-electron chi connectivity index (χ0n) is 16.1. The Balaban J connectivity index is 1.61. The predicted octanol–water partition coefficient (Wildman–Crippen LogP) is 3.96. The van der Waals surface area contributed by atoms with E-state index in [-0.39, 0.29) is 0 Å². The molecule has 27 heavy (non-hydrogen) atoms. The highest BCUT2D eigenvalue weighted by Gasteiger charge is 2.21. The van der Waals surface area contributed by atoms with Crippen molar-refractivity contribution < 1.29 is 9.47 Å². The van der Waals surface area contributed by atoms with E-state index in [9.17, 15) is 0 Å². The second-order valence-electron chi connectivity index (χ2n) is 7.16. The quantitative estimate of drug-likeness (QED) is 0.745. The Morgan fingerprint density at radius 3 is 2.70 bits per heavy atom. The average molecular weight is 363 g/mol. The second kappa shape index (κ2) is 7.45. The van der Waals surface area contributed by atoms with Gasteiger partial charge in [-0.3, -0.25) is 5.10 Å². The largest absolute Gasteiger partial charge is 0.493 e. The zero-order valence-corrected chi connectivity index (χ0v) is 16.1. The fourth-order valence-electron chi connectivity index (χ4n) is 3.45. The molecule has 0 radical (unpaired) electrons. The first kappa shape index (κ1) is 17.6. The molecule has 2 heterocycles. The van der Waals surface area contributed by atoms with Crippen molar-refractivity contribution in [2.75, 3.05) is 20.7 Å². The van der Waals surface area contributed by atoms with Crippen LogP contribution in [0.3, 0.4) is 0 Å². The number of hydrogen-bond acceptors (Lipinski definition) is 4. The molecule has 1 aliphatic rings. The highest BCUT2D eigenvalue weighted by molar-refractivity contribution is 5.68. The first-order chi connectivity index (χ1) is 13.1. The molecule has 1 aliphatic heterocycles. The van der Waals surface area contributed by atoms with Crippen LogP contribution in [0.1, 0.15) is 22.4 Å². The summed E-state index contributed by atoms with van der Waals surface area (Å²) in [6, 6.07) is 14.4. The Labute approximate surface area is 159 Å². The van der Waals surface area contributed by atoms with Gasteiger partial charge in [-0.15, -0.1) is 0 Å². The van der Waals surface area contributed by atoms with Gasteiger partial charge >= 0.3 is 0 Å². The molecule has 3 aromatic rings. The van der Waals surface area contributed by atoms with Crippen molar-refractivity contribution in [3.63, 3.8) is 0 Å². The van der Waals surface area contributed by atoms with Crippen molar-refractivity contribution in [3.05, 3.63) is 64.8 Å². The lowest BCUT2D eigenvalue weighted by Gasteiger charge is -2.22. The van der Waals surface area contributed by atoms with E-state index in [1.807, 2.05) is 18.2 Å². The second-order valence-corrected chi connectivity index (χ2v) is 7.16. The summed E-state index contributed by atoms with van der Waals surface area (Å²) in [5.41, 5.74) is 6.93. The number of likely N-dealkylation sites (N-methyl/N-ethyl adjacent to an activating group) is 1. The Bertz CT molecular complexity index is 931. The Hall–Kier alpha value is -2.79. The monoisotopic (exact) mass is 363 g/mol. The minimum atomic E-state index is 0.501. The van der Waals surface area contributed by atoms with Crippen molar-refractivity contribution in [2.45, 2.75) is 26.5 Å². The van der Waals surface area contributed by atoms with E-state index in [1.165, 1.54) is 16.8 Å². The summed E-state index contributed by atoms with van der Waals surface area (Å²) in [6.45, 7) is 4.55. The van der Waals surface area contributed by atoms with Gasteiger partial charge in [0.2, 0.25) is 0 Å². The number of nitrogens with zero attached hydrogens (tertiary/aromatic N) is 2. The number of aromatic amines is 1. The molecular weight excluding hydrogens is 338 g/mol. The summed E-state index contributed by atoms with van der Waals surface area (Å²) >= 11 is 0. The minimum absolute atomic E-state index is 0.501. The summed E-state index contributed by atoms with van der Waals surface area (Å²) in [6.07, 6.45) is 1.01. The van der Waals surface area contributed by atoms with Gasteiger partial charge in [0.15, 0.2) is 11.5 Å². The van der Waals surface area contributed by atoms with Gasteiger partial charge in [-0.25, -0.2) is 0 Å². The van der Waals surface area contributed by atoms with Crippen LogP contribution in [-0.4, -0.2) is 35.8 Å². The Morgan fingerprint density at radius 2 is 1.93 bits per heavy atom. The van der Waals surface area contributed by atoms with Crippen molar-refractivity contribution >= 4 is 0 Å². The number of aryl methyl sites for hydroxylation is 1. The fraction of sp³-hybridized carbons (Fsp3) is 0.318. The SMILES string of the molecule is COc1ccc(-c2n[nH]c3c2CN(C)CC3)cc1OCc1ccc(C)cc1. The molecule has 4 rings (SSSR count). The molecule has 0 unspecified atom stereocenters. The van der Waals surface area contributed by atoms with Crippen LogP contribution in [0.15, 0.2) is 42.5 Å². The molecular formula is C22H25N3O2. The van der Waals surface area contributed by atoms with Gasteiger partial charge in [-0.2, -0.15) is 5.10 Å². The van der Waals surface area contributed by atoms with E-state index in [0.29, 0.717) is 6.61 Å². The third-order valence-corrected chi connectivity index (χ3v) is 5.08. The third-order valence-electron chi connectivity index (χ3n) is 5.08. The van der Waals surface area contributed by atoms with E-state index in [2.05, 4.69) is 53.3 Å². The molecule has 0 saturated carbocycles. The van der Waals surface area contributed by atoms with E-state index in [4.69, 9.17) is 9.47 Å². The van der Waals surface area contributed by atoms with Gasteiger partial charge in [0.05, 0.1) is 12.8 Å². The van der Waals surface area contributed by atoms with Crippen molar-refractivity contribution in [2.24, 2.45) is 0 Å². The van der Waals surface area contributed by atoms with Gasteiger partial charge in [0, 0.05) is 36.3 Å². The van der Waals surface area contributed by atoms with Crippen LogP contribution < -0.4 is 9.47 Å². The van der Waals surface area contributed by atoms with Crippen LogP contribution in [0.4, 0.5) is 0 Å². The Kier molecular flexibility index (Phi) is 4.86. The smallest absolute Gasteiger partial charge is 0.162 e. The lowest BCUT2D eigenvalue weighted by Crippen LogP contribution is -2.26. The van der Waals surface area contributed by atoms with E-state index >= 15 is 0 Å². The van der Waals surface area contributed by atoms with Crippen molar-refractivity contribution in [1.82, 2.24) is 15.1 Å². The molecule has 140 valence electrons. The predicted molar refractivity (Wildman–Crippen MR) is 106 cm³/mol. The average Bonchev–Trinajstić information content (AvgIpc) is 3.10. The van der Waals surface area contributed by atoms with Crippen molar-refractivity contribution in [1.29, 1.82) is 0 Å². The maximum atomic E-state index is 6.08. The lowest BCUT2D eigenvalue weighted by molar-refractivity contribution is 0.284. The summed E-state index contributed by atoms with van der Waals surface area (Å²) < 4.78 is 11.6. The highest BCUT2D eigenvalue weighted by atomic mass is 16.5. The number of methoxy groups -OCH3 is 1. The molecule has 0 fully saturated rings.